The summed E-state index contributed by atoms with van der Waals surface area (Å²) >= 11 is 0. The Labute approximate surface area is 133 Å². The van der Waals surface area contributed by atoms with Gasteiger partial charge in [0, 0.05) is 23.7 Å². The van der Waals surface area contributed by atoms with Crippen LogP contribution in [0, 0.1) is 13.8 Å². The molecule has 3 aromatic rings. The van der Waals surface area contributed by atoms with Gasteiger partial charge in [-0.3, -0.25) is 9.48 Å². The van der Waals surface area contributed by atoms with Crippen LogP contribution in [0.3, 0.4) is 0 Å². The van der Waals surface area contributed by atoms with Crippen molar-refractivity contribution >= 4 is 16.9 Å². The largest absolute Gasteiger partial charge is 0.481 e. The second kappa shape index (κ2) is 5.55. The van der Waals surface area contributed by atoms with Crippen LogP contribution in [0.25, 0.3) is 11.0 Å². The second-order valence-corrected chi connectivity index (χ2v) is 5.70. The van der Waals surface area contributed by atoms with Crippen molar-refractivity contribution < 1.29 is 19.4 Å². The number of aryl methyl sites for hydroxylation is 2. The number of benzene rings is 1. The quantitative estimate of drug-likeness (QED) is 0.772. The maximum absolute atomic E-state index is 10.8. The third-order valence-electron chi connectivity index (χ3n) is 4.06. The lowest BCUT2D eigenvalue weighted by Crippen LogP contribution is -2.02. The number of rotatable bonds is 4. The summed E-state index contributed by atoms with van der Waals surface area (Å²) in [5.41, 5.74) is 3.68. The Morgan fingerprint density at radius 3 is 2.70 bits per heavy atom. The van der Waals surface area contributed by atoms with E-state index in [1.165, 1.54) is 0 Å². The Bertz CT molecular complexity index is 892. The van der Waals surface area contributed by atoms with Gasteiger partial charge in [0.25, 0.3) is 0 Å². The zero-order valence-electron chi connectivity index (χ0n) is 13.2. The summed E-state index contributed by atoms with van der Waals surface area (Å²) in [4.78, 5) is 10.8. The molecule has 23 heavy (non-hydrogen) atoms. The van der Waals surface area contributed by atoms with Crippen molar-refractivity contribution in [1.82, 2.24) is 9.78 Å². The van der Waals surface area contributed by atoms with Crippen molar-refractivity contribution in [3.63, 3.8) is 0 Å². The van der Waals surface area contributed by atoms with Crippen molar-refractivity contribution in [2.24, 2.45) is 7.05 Å². The fourth-order valence-corrected chi connectivity index (χ4v) is 2.86. The van der Waals surface area contributed by atoms with Gasteiger partial charge < -0.3 is 14.6 Å². The van der Waals surface area contributed by atoms with E-state index >= 15 is 0 Å². The molecule has 0 saturated heterocycles. The number of carbonyl (C=O) groups is 1. The molecule has 0 aliphatic carbocycles. The van der Waals surface area contributed by atoms with Crippen molar-refractivity contribution in [1.29, 1.82) is 0 Å². The molecule has 6 nitrogen and oxygen atoms in total. The third-order valence-corrected chi connectivity index (χ3v) is 4.06. The number of aliphatic hydroxyl groups excluding tert-OH is 1. The molecule has 1 unspecified atom stereocenters. The molecule has 0 spiro atoms. The molecule has 2 N–H and O–H groups in total. The first-order valence-corrected chi connectivity index (χ1v) is 7.29. The third kappa shape index (κ3) is 2.73. The van der Waals surface area contributed by atoms with Gasteiger partial charge in [-0.05, 0) is 37.6 Å². The molecule has 0 saturated carbocycles. The monoisotopic (exact) mass is 314 g/mol. The Balaban J connectivity index is 2.01. The molecule has 0 amide bonds. The number of carboxylic acid groups (broad SMARTS) is 1. The van der Waals surface area contributed by atoms with Crippen molar-refractivity contribution in [3.8, 4) is 0 Å². The number of hydrogen-bond acceptors (Lipinski definition) is 4. The molecular weight excluding hydrogens is 296 g/mol. The zero-order chi connectivity index (χ0) is 16.7. The minimum Gasteiger partial charge on any atom is -0.481 e. The molecule has 0 fully saturated rings. The van der Waals surface area contributed by atoms with Crippen LogP contribution in [0.4, 0.5) is 0 Å². The van der Waals surface area contributed by atoms with E-state index in [1.54, 1.807) is 28.9 Å². The molecule has 120 valence electrons. The average molecular weight is 314 g/mol. The van der Waals surface area contributed by atoms with Gasteiger partial charge in [0.15, 0.2) is 0 Å². The molecule has 1 aromatic carbocycles. The highest BCUT2D eigenvalue weighted by Crippen LogP contribution is 2.31. The van der Waals surface area contributed by atoms with Crippen LogP contribution < -0.4 is 0 Å². The molecule has 2 heterocycles. The van der Waals surface area contributed by atoms with Crippen LogP contribution in [-0.2, 0) is 18.3 Å². The van der Waals surface area contributed by atoms with Gasteiger partial charge in [-0.2, -0.15) is 5.10 Å². The normalized spacial score (nSPS) is 12.7. The standard InChI is InChI=1S/C17H18N2O4/c1-9-16(10(2)19(3)18-9)17(22)14-8-12-6-11(7-15(20)21)4-5-13(12)23-14/h4-6,8,17,22H,7H2,1-3H3,(H,20,21). The minimum atomic E-state index is -0.904. The van der Waals surface area contributed by atoms with Crippen molar-refractivity contribution in [2.45, 2.75) is 26.4 Å². The maximum Gasteiger partial charge on any atom is 0.307 e. The van der Waals surface area contributed by atoms with Gasteiger partial charge in [-0.25, -0.2) is 0 Å². The zero-order valence-corrected chi connectivity index (χ0v) is 13.2. The summed E-state index contributed by atoms with van der Waals surface area (Å²) in [5, 5.41) is 24.6. The first-order valence-electron chi connectivity index (χ1n) is 7.29. The van der Waals surface area contributed by atoms with Gasteiger partial charge in [-0.1, -0.05) is 6.07 Å². The van der Waals surface area contributed by atoms with Gasteiger partial charge in [0.1, 0.15) is 17.4 Å². The molecule has 3 rings (SSSR count). The SMILES string of the molecule is Cc1nn(C)c(C)c1C(O)c1cc2cc(CC(=O)O)ccc2o1. The summed E-state index contributed by atoms with van der Waals surface area (Å²) in [7, 11) is 1.83. The van der Waals surface area contributed by atoms with E-state index in [-0.39, 0.29) is 6.42 Å². The summed E-state index contributed by atoms with van der Waals surface area (Å²) < 4.78 is 7.45. The van der Waals surface area contributed by atoms with Gasteiger partial charge in [-0.15, -0.1) is 0 Å². The topological polar surface area (TPSA) is 88.5 Å². The van der Waals surface area contributed by atoms with Crippen LogP contribution >= 0.6 is 0 Å². The lowest BCUT2D eigenvalue weighted by atomic mass is 10.0. The fraction of sp³-hybridized carbons (Fsp3) is 0.294. The fourth-order valence-electron chi connectivity index (χ4n) is 2.86. The molecule has 2 aromatic heterocycles. The number of carboxylic acids is 1. The summed E-state index contributed by atoms with van der Waals surface area (Å²) in [6, 6.07) is 6.97. The summed E-state index contributed by atoms with van der Waals surface area (Å²) in [6.07, 6.45) is -0.946. The van der Waals surface area contributed by atoms with Crippen LogP contribution in [0.1, 0.15) is 34.4 Å². The molecule has 6 heteroatoms. The number of furan rings is 1. The van der Waals surface area contributed by atoms with Crippen molar-refractivity contribution in [3.05, 3.63) is 52.5 Å². The number of hydrogen-bond donors (Lipinski definition) is 2. The average Bonchev–Trinajstić information content (AvgIpc) is 2.99. The van der Waals surface area contributed by atoms with Crippen LogP contribution in [0.15, 0.2) is 28.7 Å². The highest BCUT2D eigenvalue weighted by molar-refractivity contribution is 5.80. The van der Waals surface area contributed by atoms with Crippen LogP contribution in [0.5, 0.6) is 0 Å². The van der Waals surface area contributed by atoms with E-state index in [9.17, 15) is 9.90 Å². The number of fused-ring (bicyclic) bond motifs is 1. The van der Waals surface area contributed by atoms with Crippen molar-refractivity contribution in [2.75, 3.05) is 0 Å². The van der Waals surface area contributed by atoms with E-state index in [1.807, 2.05) is 20.9 Å². The predicted molar refractivity (Wildman–Crippen MR) is 84.3 cm³/mol. The van der Waals surface area contributed by atoms with Gasteiger partial charge >= 0.3 is 5.97 Å². The Morgan fingerprint density at radius 1 is 1.35 bits per heavy atom. The van der Waals surface area contributed by atoms with E-state index < -0.39 is 12.1 Å². The number of aliphatic hydroxyl groups is 1. The van der Waals surface area contributed by atoms with Crippen LogP contribution in [-0.4, -0.2) is 26.0 Å². The van der Waals surface area contributed by atoms with Gasteiger partial charge in [0.2, 0.25) is 0 Å². The highest BCUT2D eigenvalue weighted by Gasteiger charge is 2.23. The lowest BCUT2D eigenvalue weighted by molar-refractivity contribution is -0.136. The van der Waals surface area contributed by atoms with Gasteiger partial charge in [0.05, 0.1) is 12.1 Å². The predicted octanol–water partition coefficient (Wildman–Crippen LogP) is 2.49. The van der Waals surface area contributed by atoms with E-state index in [2.05, 4.69) is 5.10 Å². The number of nitrogens with zero attached hydrogens (tertiary/aromatic N) is 2. The van der Waals surface area contributed by atoms with E-state index in [0.717, 1.165) is 22.3 Å². The molecule has 0 aliphatic rings. The first-order chi connectivity index (χ1) is 10.9. The Hall–Kier alpha value is -2.60. The lowest BCUT2D eigenvalue weighted by Gasteiger charge is -2.08. The minimum absolute atomic E-state index is 0.0418. The first kappa shape index (κ1) is 15.3. The second-order valence-electron chi connectivity index (χ2n) is 5.70. The Kier molecular flexibility index (Phi) is 3.69. The molecular formula is C17H18N2O4. The Morgan fingerprint density at radius 2 is 2.09 bits per heavy atom. The molecule has 0 bridgehead atoms. The van der Waals surface area contributed by atoms with E-state index in [0.29, 0.717) is 16.9 Å². The molecule has 0 aliphatic heterocycles. The number of aliphatic carboxylic acids is 1. The highest BCUT2D eigenvalue weighted by atomic mass is 16.4. The van der Waals surface area contributed by atoms with Crippen LogP contribution in [0.2, 0.25) is 0 Å². The number of aromatic nitrogens is 2. The molecule has 0 radical (unpaired) electrons. The smallest absolute Gasteiger partial charge is 0.307 e. The van der Waals surface area contributed by atoms with E-state index in [4.69, 9.17) is 9.52 Å². The summed E-state index contributed by atoms with van der Waals surface area (Å²) in [5.74, 6) is -0.457. The summed E-state index contributed by atoms with van der Waals surface area (Å²) in [6.45, 7) is 3.74. The molecule has 1 atom stereocenters. The maximum atomic E-state index is 10.8.